The Morgan fingerprint density at radius 3 is 2.54 bits per heavy atom. The Labute approximate surface area is 153 Å². The van der Waals surface area contributed by atoms with E-state index in [1.165, 1.54) is 23.7 Å². The van der Waals surface area contributed by atoms with Gasteiger partial charge in [-0.2, -0.15) is 17.5 Å². The van der Waals surface area contributed by atoms with Gasteiger partial charge in [0.05, 0.1) is 12.7 Å². The number of ether oxygens (including phenoxy) is 1. The van der Waals surface area contributed by atoms with Crippen LogP contribution in [0.15, 0.2) is 48.5 Å². The van der Waals surface area contributed by atoms with Crippen LogP contribution < -0.4 is 4.74 Å². The standard InChI is InChI=1S/C19H17F3N2OS/c1-25-16-7-3-5-14(11-16)12-17-23-18(26-24-17)9-8-13-4-2-6-15(10-13)19(20,21)22/h2-7,10-11H,8-9,12H2,1H3. The van der Waals surface area contributed by atoms with Gasteiger partial charge in [-0.15, -0.1) is 0 Å². The topological polar surface area (TPSA) is 35.0 Å². The van der Waals surface area contributed by atoms with E-state index in [0.29, 0.717) is 30.7 Å². The molecule has 0 aliphatic carbocycles. The second-order valence-corrected chi connectivity index (χ2v) is 6.67. The van der Waals surface area contributed by atoms with Crippen LogP contribution in [0.1, 0.15) is 27.5 Å². The number of hydrogen-bond donors (Lipinski definition) is 0. The fraction of sp³-hybridized carbons (Fsp3) is 0.263. The van der Waals surface area contributed by atoms with Crippen LogP contribution >= 0.6 is 11.5 Å². The minimum Gasteiger partial charge on any atom is -0.497 e. The van der Waals surface area contributed by atoms with Crippen LogP contribution in [0.25, 0.3) is 0 Å². The average Bonchev–Trinajstić information content (AvgIpc) is 3.07. The SMILES string of the molecule is COc1cccc(Cc2nsc(CCc3cccc(C(F)(F)F)c3)n2)c1. The second kappa shape index (κ2) is 7.86. The van der Waals surface area contributed by atoms with Gasteiger partial charge in [-0.05, 0) is 47.3 Å². The maximum atomic E-state index is 12.8. The number of methoxy groups -OCH3 is 1. The summed E-state index contributed by atoms with van der Waals surface area (Å²) in [5.41, 5.74) is 1.07. The lowest BCUT2D eigenvalue weighted by Gasteiger charge is -2.08. The quantitative estimate of drug-likeness (QED) is 0.609. The molecule has 3 aromatic rings. The maximum absolute atomic E-state index is 12.8. The Bertz CT molecular complexity index is 877. The molecule has 2 aromatic carbocycles. The highest BCUT2D eigenvalue weighted by molar-refractivity contribution is 7.05. The summed E-state index contributed by atoms with van der Waals surface area (Å²) in [7, 11) is 1.62. The minimum absolute atomic E-state index is 0.498. The molecule has 3 nitrogen and oxygen atoms in total. The molecule has 26 heavy (non-hydrogen) atoms. The molecular weight excluding hydrogens is 361 g/mol. The Hall–Kier alpha value is -2.41. The summed E-state index contributed by atoms with van der Waals surface area (Å²) in [6.07, 6.45) is -2.66. The number of aromatic nitrogens is 2. The lowest BCUT2D eigenvalue weighted by Crippen LogP contribution is -2.05. The number of benzene rings is 2. The third-order valence-corrected chi connectivity index (χ3v) is 4.70. The summed E-state index contributed by atoms with van der Waals surface area (Å²) in [6.45, 7) is 0. The fourth-order valence-electron chi connectivity index (χ4n) is 2.58. The normalized spacial score (nSPS) is 11.5. The van der Waals surface area contributed by atoms with Crippen LogP contribution in [0.2, 0.25) is 0 Å². The third-order valence-electron chi connectivity index (χ3n) is 3.89. The number of alkyl halides is 3. The smallest absolute Gasteiger partial charge is 0.416 e. The molecule has 0 unspecified atom stereocenters. The highest BCUT2D eigenvalue weighted by atomic mass is 32.1. The predicted octanol–water partition coefficient (Wildman–Crippen LogP) is 4.94. The van der Waals surface area contributed by atoms with Gasteiger partial charge in [0.15, 0.2) is 0 Å². The first-order chi connectivity index (χ1) is 12.4. The first-order valence-corrected chi connectivity index (χ1v) is 8.82. The Balaban J connectivity index is 1.62. The molecule has 136 valence electrons. The van der Waals surface area contributed by atoms with Crippen molar-refractivity contribution in [2.75, 3.05) is 7.11 Å². The molecule has 0 saturated heterocycles. The van der Waals surface area contributed by atoms with E-state index in [0.717, 1.165) is 22.4 Å². The molecule has 7 heteroatoms. The number of rotatable bonds is 6. The van der Waals surface area contributed by atoms with Crippen LogP contribution in [0.5, 0.6) is 5.75 Å². The first-order valence-electron chi connectivity index (χ1n) is 8.04. The van der Waals surface area contributed by atoms with Crippen molar-refractivity contribution in [3.05, 3.63) is 76.1 Å². The van der Waals surface area contributed by atoms with Gasteiger partial charge in [-0.1, -0.05) is 30.3 Å². The third kappa shape index (κ3) is 4.82. The number of halogens is 3. The van der Waals surface area contributed by atoms with Gasteiger partial charge in [0.1, 0.15) is 16.6 Å². The van der Waals surface area contributed by atoms with Gasteiger partial charge in [-0.25, -0.2) is 4.98 Å². The van der Waals surface area contributed by atoms with Gasteiger partial charge in [0, 0.05) is 12.8 Å². The number of hydrogen-bond acceptors (Lipinski definition) is 4. The second-order valence-electron chi connectivity index (χ2n) is 5.83. The van der Waals surface area contributed by atoms with Crippen LogP contribution in [0.3, 0.4) is 0 Å². The molecule has 1 aromatic heterocycles. The molecule has 0 spiro atoms. The van der Waals surface area contributed by atoms with Crippen molar-refractivity contribution in [1.29, 1.82) is 0 Å². The zero-order valence-corrected chi connectivity index (χ0v) is 14.9. The van der Waals surface area contributed by atoms with E-state index in [-0.39, 0.29) is 0 Å². The van der Waals surface area contributed by atoms with Crippen molar-refractivity contribution >= 4 is 11.5 Å². The first kappa shape index (κ1) is 18.4. The Kier molecular flexibility index (Phi) is 5.56. The molecule has 0 amide bonds. The summed E-state index contributed by atoms with van der Waals surface area (Å²) >= 11 is 1.29. The van der Waals surface area contributed by atoms with Crippen molar-refractivity contribution in [3.63, 3.8) is 0 Å². The van der Waals surface area contributed by atoms with Crippen LogP contribution in [-0.4, -0.2) is 16.5 Å². The van der Waals surface area contributed by atoms with Crippen molar-refractivity contribution in [1.82, 2.24) is 9.36 Å². The van der Waals surface area contributed by atoms with E-state index in [1.54, 1.807) is 13.2 Å². The molecule has 0 bridgehead atoms. The van der Waals surface area contributed by atoms with E-state index >= 15 is 0 Å². The summed E-state index contributed by atoms with van der Waals surface area (Å²) < 4.78 is 47.8. The average molecular weight is 378 g/mol. The van der Waals surface area contributed by atoms with Crippen molar-refractivity contribution < 1.29 is 17.9 Å². The van der Waals surface area contributed by atoms with Gasteiger partial charge in [-0.3, -0.25) is 0 Å². The molecule has 1 heterocycles. The molecule has 0 N–H and O–H groups in total. The Morgan fingerprint density at radius 2 is 1.77 bits per heavy atom. The van der Waals surface area contributed by atoms with E-state index in [4.69, 9.17) is 4.74 Å². The van der Waals surface area contributed by atoms with Crippen molar-refractivity contribution in [2.45, 2.75) is 25.4 Å². The van der Waals surface area contributed by atoms with E-state index < -0.39 is 11.7 Å². The molecule has 3 rings (SSSR count). The van der Waals surface area contributed by atoms with E-state index in [2.05, 4.69) is 9.36 Å². The number of nitrogens with zero attached hydrogens (tertiary/aromatic N) is 2. The van der Waals surface area contributed by atoms with E-state index in [9.17, 15) is 13.2 Å². The largest absolute Gasteiger partial charge is 0.497 e. The zero-order chi connectivity index (χ0) is 18.6. The van der Waals surface area contributed by atoms with Gasteiger partial charge < -0.3 is 4.74 Å². The zero-order valence-electron chi connectivity index (χ0n) is 14.1. The van der Waals surface area contributed by atoms with Gasteiger partial charge in [0.25, 0.3) is 0 Å². The lowest BCUT2D eigenvalue weighted by molar-refractivity contribution is -0.137. The summed E-state index contributed by atoms with van der Waals surface area (Å²) in [5.74, 6) is 1.49. The summed E-state index contributed by atoms with van der Waals surface area (Å²) in [5, 5.41) is 0.820. The van der Waals surface area contributed by atoms with Gasteiger partial charge >= 0.3 is 6.18 Å². The highest BCUT2D eigenvalue weighted by Gasteiger charge is 2.30. The highest BCUT2D eigenvalue weighted by Crippen LogP contribution is 2.29. The van der Waals surface area contributed by atoms with Crippen molar-refractivity contribution in [2.24, 2.45) is 0 Å². The predicted molar refractivity (Wildman–Crippen MR) is 94.6 cm³/mol. The van der Waals surface area contributed by atoms with E-state index in [1.807, 2.05) is 24.3 Å². The lowest BCUT2D eigenvalue weighted by atomic mass is 10.1. The molecule has 0 fully saturated rings. The summed E-state index contributed by atoms with van der Waals surface area (Å²) in [4.78, 5) is 4.49. The molecule has 0 saturated carbocycles. The van der Waals surface area contributed by atoms with Crippen LogP contribution in [-0.2, 0) is 25.4 Å². The molecule has 0 atom stereocenters. The fourth-order valence-corrected chi connectivity index (χ4v) is 3.24. The summed E-state index contributed by atoms with van der Waals surface area (Å²) in [6, 6.07) is 13.1. The van der Waals surface area contributed by atoms with Gasteiger partial charge in [0.2, 0.25) is 0 Å². The monoisotopic (exact) mass is 378 g/mol. The van der Waals surface area contributed by atoms with Crippen LogP contribution in [0.4, 0.5) is 13.2 Å². The molecule has 0 radical (unpaired) electrons. The molecular formula is C19H17F3N2OS. The number of aryl methyl sites for hydroxylation is 2. The maximum Gasteiger partial charge on any atom is 0.416 e. The molecule has 0 aliphatic heterocycles. The van der Waals surface area contributed by atoms with Crippen molar-refractivity contribution in [3.8, 4) is 5.75 Å². The molecule has 0 aliphatic rings. The minimum atomic E-state index is -4.32. The Morgan fingerprint density at radius 1 is 1.00 bits per heavy atom. The van der Waals surface area contributed by atoms with Crippen LogP contribution in [0, 0.1) is 0 Å².